The Morgan fingerprint density at radius 1 is 1.44 bits per heavy atom. The van der Waals surface area contributed by atoms with Crippen molar-refractivity contribution in [3.05, 3.63) is 0 Å². The van der Waals surface area contributed by atoms with Gasteiger partial charge >= 0.3 is 0 Å². The molecule has 0 aromatic rings. The Hall–Kier alpha value is -0.0800. The molecule has 0 radical (unpaired) electrons. The zero-order chi connectivity index (χ0) is 6.43. The summed E-state index contributed by atoms with van der Waals surface area (Å²) in [5, 5.41) is 2.27. The van der Waals surface area contributed by atoms with Crippen molar-refractivity contribution in [1.82, 2.24) is 10.4 Å². The Bertz CT molecular complexity index is 106. The summed E-state index contributed by atoms with van der Waals surface area (Å²) in [5.74, 6) is 0.978. The monoisotopic (exact) mass is 126 g/mol. The largest absolute Gasteiger partial charge is 0.252 e. The van der Waals surface area contributed by atoms with Crippen molar-refractivity contribution >= 4 is 0 Å². The summed E-state index contributed by atoms with van der Waals surface area (Å²) in [7, 11) is 2.15. The Labute approximate surface area is 56.2 Å². The van der Waals surface area contributed by atoms with Gasteiger partial charge in [0.25, 0.3) is 0 Å². The van der Waals surface area contributed by atoms with Gasteiger partial charge in [-0.25, -0.2) is 5.01 Å². The van der Waals surface area contributed by atoms with Crippen LogP contribution in [0.5, 0.6) is 0 Å². The molecule has 9 heavy (non-hydrogen) atoms. The summed E-state index contributed by atoms with van der Waals surface area (Å²) >= 11 is 0. The molecule has 1 saturated carbocycles. The summed E-state index contributed by atoms with van der Waals surface area (Å²) in [6.45, 7) is 2.27. The van der Waals surface area contributed by atoms with E-state index in [1.165, 1.54) is 12.8 Å². The molecule has 0 aromatic carbocycles. The summed E-state index contributed by atoms with van der Waals surface area (Å²) in [6, 6.07) is 1.58. The lowest BCUT2D eigenvalue weighted by Crippen LogP contribution is -2.63. The van der Waals surface area contributed by atoms with Gasteiger partial charge in [-0.2, -0.15) is 0 Å². The van der Waals surface area contributed by atoms with Gasteiger partial charge < -0.3 is 0 Å². The highest BCUT2D eigenvalue weighted by molar-refractivity contribution is 4.94. The van der Waals surface area contributed by atoms with E-state index in [9.17, 15) is 0 Å². The van der Waals surface area contributed by atoms with Gasteiger partial charge in [-0.05, 0) is 25.7 Å². The van der Waals surface area contributed by atoms with Crippen LogP contribution in [0.2, 0.25) is 0 Å². The lowest BCUT2D eigenvalue weighted by molar-refractivity contribution is -0.0401. The van der Waals surface area contributed by atoms with E-state index in [-0.39, 0.29) is 0 Å². The second kappa shape index (κ2) is 1.70. The third-order valence-electron chi connectivity index (χ3n) is 2.81. The molecule has 1 N–H and O–H groups in total. The third-order valence-corrected chi connectivity index (χ3v) is 2.81. The lowest BCUT2D eigenvalue weighted by Gasteiger charge is -2.51. The van der Waals surface area contributed by atoms with Crippen molar-refractivity contribution in [2.24, 2.45) is 5.92 Å². The van der Waals surface area contributed by atoms with E-state index in [0.717, 1.165) is 18.0 Å². The van der Waals surface area contributed by atoms with Crippen molar-refractivity contribution in [1.29, 1.82) is 0 Å². The molecular formula is C7H14N2. The first kappa shape index (κ1) is 5.69. The maximum Gasteiger partial charge on any atom is 0.0247 e. The molecule has 52 valence electrons. The fourth-order valence-corrected chi connectivity index (χ4v) is 1.89. The highest BCUT2D eigenvalue weighted by Crippen LogP contribution is 2.36. The Balaban J connectivity index is 2.04. The normalized spacial score (nSPS) is 50.7. The fraction of sp³-hybridized carbons (Fsp3) is 1.00. The number of hydrogen-bond donors (Lipinski definition) is 1. The van der Waals surface area contributed by atoms with Crippen LogP contribution in [0.4, 0.5) is 0 Å². The Kier molecular flexibility index (Phi) is 1.08. The van der Waals surface area contributed by atoms with E-state index in [1.54, 1.807) is 0 Å². The van der Waals surface area contributed by atoms with Crippen LogP contribution >= 0.6 is 0 Å². The number of rotatable bonds is 0. The molecule has 1 aliphatic carbocycles. The van der Waals surface area contributed by atoms with Crippen LogP contribution in [0.15, 0.2) is 0 Å². The second-order valence-corrected chi connectivity index (χ2v) is 3.41. The van der Waals surface area contributed by atoms with E-state index in [4.69, 9.17) is 0 Å². The molecule has 2 nitrogen and oxygen atoms in total. The number of hydrazine groups is 1. The standard InChI is InChI=1S/C7H14N2/c1-5-6-3-7(4-6)9(2)8-5/h5-8H,3-4H2,1-2H3/t5-,6?,7?/m1/s1. The van der Waals surface area contributed by atoms with E-state index in [2.05, 4.69) is 24.4 Å². The van der Waals surface area contributed by atoms with E-state index < -0.39 is 0 Å². The second-order valence-electron chi connectivity index (χ2n) is 3.41. The highest BCUT2D eigenvalue weighted by atomic mass is 15.5. The zero-order valence-electron chi connectivity index (χ0n) is 6.09. The first-order valence-corrected chi connectivity index (χ1v) is 3.76. The third kappa shape index (κ3) is 0.700. The maximum absolute atomic E-state index is 3.41. The minimum atomic E-state index is 0.722. The molecule has 1 atom stereocenters. The van der Waals surface area contributed by atoms with Gasteiger partial charge in [0.1, 0.15) is 0 Å². The minimum absolute atomic E-state index is 0.722. The van der Waals surface area contributed by atoms with Crippen molar-refractivity contribution in [3.63, 3.8) is 0 Å². The predicted octanol–water partition coefficient (Wildman–Crippen LogP) is 0.603. The Morgan fingerprint density at radius 2 is 2.11 bits per heavy atom. The van der Waals surface area contributed by atoms with Gasteiger partial charge in [0.15, 0.2) is 0 Å². The molecule has 3 aliphatic rings. The molecule has 0 spiro atoms. The van der Waals surface area contributed by atoms with Gasteiger partial charge in [-0.3, -0.25) is 5.43 Å². The van der Waals surface area contributed by atoms with Crippen LogP contribution in [0, 0.1) is 5.92 Å². The highest BCUT2D eigenvalue weighted by Gasteiger charge is 2.40. The molecule has 3 rings (SSSR count). The van der Waals surface area contributed by atoms with Crippen molar-refractivity contribution < 1.29 is 0 Å². The number of fused-ring (bicyclic) bond motifs is 2. The number of nitrogens with one attached hydrogen (secondary N) is 1. The number of hydrogen-bond acceptors (Lipinski definition) is 2. The predicted molar refractivity (Wildman–Crippen MR) is 36.9 cm³/mol. The van der Waals surface area contributed by atoms with Crippen LogP contribution in [0.25, 0.3) is 0 Å². The molecular weight excluding hydrogens is 112 g/mol. The first-order valence-electron chi connectivity index (χ1n) is 3.76. The molecule has 3 fully saturated rings. The summed E-state index contributed by atoms with van der Waals surface area (Å²) in [4.78, 5) is 0. The molecule has 0 unspecified atom stereocenters. The molecule has 2 aliphatic heterocycles. The smallest absolute Gasteiger partial charge is 0.0247 e. The van der Waals surface area contributed by atoms with Crippen molar-refractivity contribution in [3.8, 4) is 0 Å². The first-order chi connectivity index (χ1) is 4.27. The van der Waals surface area contributed by atoms with Crippen LogP contribution < -0.4 is 5.43 Å². The van der Waals surface area contributed by atoms with Crippen molar-refractivity contribution in [2.45, 2.75) is 31.8 Å². The molecule has 2 bridgehead atoms. The van der Waals surface area contributed by atoms with Gasteiger partial charge in [0, 0.05) is 19.1 Å². The number of nitrogens with zero attached hydrogens (tertiary/aromatic N) is 1. The maximum atomic E-state index is 3.41. The van der Waals surface area contributed by atoms with Crippen LogP contribution in [0.3, 0.4) is 0 Å². The lowest BCUT2D eigenvalue weighted by atomic mass is 9.74. The topological polar surface area (TPSA) is 15.3 Å². The van der Waals surface area contributed by atoms with E-state index in [1.807, 2.05) is 0 Å². The van der Waals surface area contributed by atoms with E-state index >= 15 is 0 Å². The van der Waals surface area contributed by atoms with Crippen LogP contribution in [0.1, 0.15) is 19.8 Å². The molecule has 0 aromatic heterocycles. The van der Waals surface area contributed by atoms with Crippen molar-refractivity contribution in [2.75, 3.05) is 7.05 Å². The SMILES string of the molecule is C[C@H]1NN(C)C2CC1C2. The minimum Gasteiger partial charge on any atom is -0.252 e. The quantitative estimate of drug-likeness (QED) is 0.511. The van der Waals surface area contributed by atoms with Crippen LogP contribution in [-0.4, -0.2) is 24.1 Å². The average molecular weight is 126 g/mol. The van der Waals surface area contributed by atoms with Crippen LogP contribution in [-0.2, 0) is 0 Å². The Morgan fingerprint density at radius 3 is 2.44 bits per heavy atom. The summed E-state index contributed by atoms with van der Waals surface area (Å²) < 4.78 is 0. The molecule has 0 amide bonds. The van der Waals surface area contributed by atoms with Gasteiger partial charge in [0.05, 0.1) is 0 Å². The molecule has 2 heteroatoms. The van der Waals surface area contributed by atoms with E-state index in [0.29, 0.717) is 0 Å². The molecule has 2 heterocycles. The summed E-state index contributed by atoms with van der Waals surface area (Å²) in [5.41, 5.74) is 3.41. The molecule has 2 saturated heterocycles. The van der Waals surface area contributed by atoms with Gasteiger partial charge in [-0.15, -0.1) is 0 Å². The van der Waals surface area contributed by atoms with Gasteiger partial charge in [0.2, 0.25) is 0 Å². The summed E-state index contributed by atoms with van der Waals surface area (Å²) in [6.07, 6.45) is 2.84. The average Bonchev–Trinajstić information content (AvgIpc) is 1.57. The fourth-order valence-electron chi connectivity index (χ4n) is 1.89. The zero-order valence-corrected chi connectivity index (χ0v) is 6.09. The van der Waals surface area contributed by atoms with Gasteiger partial charge in [-0.1, -0.05) is 0 Å².